The van der Waals surface area contributed by atoms with Crippen molar-refractivity contribution in [2.75, 3.05) is 7.11 Å². The molecule has 100 valence electrons. The number of rotatable bonds is 3. The quantitative estimate of drug-likeness (QED) is 0.683. The Kier molecular flexibility index (Phi) is 2.99. The molecule has 0 spiro atoms. The van der Waals surface area contributed by atoms with Crippen molar-refractivity contribution in [1.29, 1.82) is 0 Å². The van der Waals surface area contributed by atoms with Gasteiger partial charge in [-0.3, -0.25) is 9.78 Å². The number of pyridine rings is 1. The fraction of sp³-hybridized carbons (Fsp3) is 0.125. The zero-order chi connectivity index (χ0) is 14.1. The zero-order valence-electron chi connectivity index (χ0n) is 11.2. The van der Waals surface area contributed by atoms with E-state index in [2.05, 4.69) is 4.98 Å². The van der Waals surface area contributed by atoms with Gasteiger partial charge in [0, 0.05) is 11.6 Å². The topological polar surface area (TPSA) is 52.3 Å². The Labute approximate surface area is 116 Å². The summed E-state index contributed by atoms with van der Waals surface area (Å²) in [5.41, 5.74) is 2.19. The van der Waals surface area contributed by atoms with Gasteiger partial charge in [0.25, 0.3) is 0 Å². The number of hydrogen-bond donors (Lipinski definition) is 0. The van der Waals surface area contributed by atoms with Crippen molar-refractivity contribution in [3.8, 4) is 5.75 Å². The van der Waals surface area contributed by atoms with Gasteiger partial charge in [0.15, 0.2) is 5.76 Å². The third-order valence-electron chi connectivity index (χ3n) is 3.21. The molecule has 0 aliphatic heterocycles. The minimum absolute atomic E-state index is 0.208. The van der Waals surface area contributed by atoms with Crippen LogP contribution >= 0.6 is 0 Å². The molecule has 0 radical (unpaired) electrons. The maximum absolute atomic E-state index is 12.5. The summed E-state index contributed by atoms with van der Waals surface area (Å²) in [6.45, 7) is 1.95. The van der Waals surface area contributed by atoms with Crippen LogP contribution in [0.4, 0.5) is 0 Å². The number of ketones is 1. The molecule has 1 aromatic carbocycles. The van der Waals surface area contributed by atoms with Gasteiger partial charge in [0.2, 0.25) is 5.78 Å². The Morgan fingerprint density at radius 1 is 1.30 bits per heavy atom. The summed E-state index contributed by atoms with van der Waals surface area (Å²) >= 11 is 0. The van der Waals surface area contributed by atoms with Crippen LogP contribution in [0, 0.1) is 6.92 Å². The first-order valence-electron chi connectivity index (χ1n) is 6.22. The van der Waals surface area contributed by atoms with E-state index < -0.39 is 0 Å². The summed E-state index contributed by atoms with van der Waals surface area (Å²) in [4.78, 5) is 16.4. The highest BCUT2D eigenvalue weighted by Gasteiger charge is 2.18. The number of ether oxygens (including phenoxy) is 1. The summed E-state index contributed by atoms with van der Waals surface area (Å²) in [6.07, 6.45) is 3.07. The molecule has 0 amide bonds. The first-order valence-corrected chi connectivity index (χ1v) is 6.22. The molecule has 3 aromatic rings. The van der Waals surface area contributed by atoms with Crippen LogP contribution in [0.2, 0.25) is 0 Å². The zero-order valence-corrected chi connectivity index (χ0v) is 11.2. The molecule has 20 heavy (non-hydrogen) atoms. The van der Waals surface area contributed by atoms with Gasteiger partial charge >= 0.3 is 0 Å². The van der Waals surface area contributed by atoms with E-state index in [9.17, 15) is 4.79 Å². The predicted molar refractivity (Wildman–Crippen MR) is 75.2 cm³/mol. The fourth-order valence-electron chi connectivity index (χ4n) is 2.18. The lowest BCUT2D eigenvalue weighted by atomic mass is 10.1. The number of carbonyl (C=O) groups excluding carboxylic acids is 1. The van der Waals surface area contributed by atoms with E-state index >= 15 is 0 Å². The fourth-order valence-corrected chi connectivity index (χ4v) is 2.18. The SMILES string of the molecule is COc1cnccc1C(=O)c1cc2cccc(C)c2o1. The van der Waals surface area contributed by atoms with Crippen LogP contribution in [0.15, 0.2) is 47.1 Å². The van der Waals surface area contributed by atoms with E-state index in [-0.39, 0.29) is 5.78 Å². The molecule has 0 saturated heterocycles. The van der Waals surface area contributed by atoms with Gasteiger partial charge in [-0.2, -0.15) is 0 Å². The van der Waals surface area contributed by atoms with Gasteiger partial charge < -0.3 is 9.15 Å². The van der Waals surface area contributed by atoms with Crippen LogP contribution in [-0.2, 0) is 0 Å². The molecule has 2 aromatic heterocycles. The van der Waals surface area contributed by atoms with Crippen LogP contribution in [0.5, 0.6) is 5.75 Å². The Bertz CT molecular complexity index is 789. The van der Waals surface area contributed by atoms with E-state index in [1.165, 1.54) is 13.3 Å². The highest BCUT2D eigenvalue weighted by Crippen LogP contribution is 2.26. The maximum atomic E-state index is 12.5. The van der Waals surface area contributed by atoms with E-state index in [0.29, 0.717) is 17.1 Å². The number of para-hydroxylation sites is 1. The molecule has 4 heteroatoms. The molecule has 4 nitrogen and oxygen atoms in total. The van der Waals surface area contributed by atoms with Crippen LogP contribution in [0.25, 0.3) is 11.0 Å². The molecule has 0 aliphatic carbocycles. The normalized spacial score (nSPS) is 10.7. The van der Waals surface area contributed by atoms with Crippen molar-refractivity contribution in [2.45, 2.75) is 6.92 Å². The number of aryl methyl sites for hydroxylation is 1. The number of fused-ring (bicyclic) bond motifs is 1. The summed E-state index contributed by atoms with van der Waals surface area (Å²) in [7, 11) is 1.51. The summed E-state index contributed by atoms with van der Waals surface area (Å²) in [5, 5.41) is 0.918. The number of nitrogens with zero attached hydrogens (tertiary/aromatic N) is 1. The van der Waals surface area contributed by atoms with Crippen molar-refractivity contribution in [3.63, 3.8) is 0 Å². The average Bonchev–Trinajstić information content (AvgIpc) is 2.92. The number of carbonyl (C=O) groups is 1. The van der Waals surface area contributed by atoms with E-state index in [1.54, 1.807) is 18.3 Å². The third kappa shape index (κ3) is 1.95. The summed E-state index contributed by atoms with van der Waals surface area (Å²) in [5.74, 6) is 0.535. The summed E-state index contributed by atoms with van der Waals surface area (Å²) < 4.78 is 10.8. The minimum atomic E-state index is -0.208. The molecule has 0 bridgehead atoms. The Morgan fingerprint density at radius 2 is 2.15 bits per heavy atom. The van der Waals surface area contributed by atoms with Gasteiger partial charge in [-0.15, -0.1) is 0 Å². The maximum Gasteiger partial charge on any atom is 0.232 e. The second-order valence-electron chi connectivity index (χ2n) is 4.51. The second kappa shape index (κ2) is 4.81. The van der Waals surface area contributed by atoms with E-state index in [4.69, 9.17) is 9.15 Å². The molecule has 0 aliphatic rings. The first kappa shape index (κ1) is 12.4. The Balaban J connectivity index is 2.11. The van der Waals surface area contributed by atoms with Gasteiger partial charge in [0.05, 0.1) is 18.9 Å². The molecular weight excluding hydrogens is 254 g/mol. The lowest BCUT2D eigenvalue weighted by Gasteiger charge is -2.04. The molecule has 0 atom stereocenters. The third-order valence-corrected chi connectivity index (χ3v) is 3.21. The van der Waals surface area contributed by atoms with Crippen LogP contribution in [-0.4, -0.2) is 17.9 Å². The van der Waals surface area contributed by atoms with Gasteiger partial charge in [0.1, 0.15) is 11.3 Å². The standard InChI is InChI=1S/C16H13NO3/c1-10-4-3-5-11-8-13(20-16(10)11)15(18)12-6-7-17-9-14(12)19-2/h3-9H,1-2H3. The van der Waals surface area contributed by atoms with Crippen molar-refractivity contribution in [1.82, 2.24) is 4.98 Å². The molecular formula is C16H13NO3. The van der Waals surface area contributed by atoms with Crippen molar-refractivity contribution in [3.05, 3.63) is 59.6 Å². The highest BCUT2D eigenvalue weighted by atomic mass is 16.5. The molecule has 2 heterocycles. The van der Waals surface area contributed by atoms with Crippen molar-refractivity contribution in [2.24, 2.45) is 0 Å². The Morgan fingerprint density at radius 3 is 2.90 bits per heavy atom. The number of benzene rings is 1. The van der Waals surface area contributed by atoms with Gasteiger partial charge in [-0.1, -0.05) is 18.2 Å². The molecule has 0 unspecified atom stereocenters. The molecule has 0 saturated carbocycles. The molecule has 3 rings (SSSR count). The number of furan rings is 1. The number of hydrogen-bond acceptors (Lipinski definition) is 4. The number of aromatic nitrogens is 1. The number of methoxy groups -OCH3 is 1. The largest absolute Gasteiger partial charge is 0.494 e. The second-order valence-corrected chi connectivity index (χ2v) is 4.51. The van der Waals surface area contributed by atoms with Crippen molar-refractivity contribution < 1.29 is 13.9 Å². The van der Waals surface area contributed by atoms with Gasteiger partial charge in [-0.25, -0.2) is 0 Å². The minimum Gasteiger partial charge on any atom is -0.494 e. The lowest BCUT2D eigenvalue weighted by Crippen LogP contribution is -2.03. The smallest absolute Gasteiger partial charge is 0.232 e. The monoisotopic (exact) mass is 267 g/mol. The van der Waals surface area contributed by atoms with Gasteiger partial charge in [-0.05, 0) is 24.6 Å². The lowest BCUT2D eigenvalue weighted by molar-refractivity contribution is 0.101. The average molecular weight is 267 g/mol. The van der Waals surface area contributed by atoms with E-state index in [1.807, 2.05) is 25.1 Å². The Hall–Kier alpha value is -2.62. The van der Waals surface area contributed by atoms with Crippen molar-refractivity contribution >= 4 is 16.8 Å². The summed E-state index contributed by atoms with van der Waals surface area (Å²) in [6, 6.07) is 9.19. The van der Waals surface area contributed by atoms with Crippen LogP contribution in [0.3, 0.4) is 0 Å². The van der Waals surface area contributed by atoms with E-state index in [0.717, 1.165) is 16.5 Å². The predicted octanol–water partition coefficient (Wildman–Crippen LogP) is 3.38. The van der Waals surface area contributed by atoms with Crippen LogP contribution < -0.4 is 4.74 Å². The highest BCUT2D eigenvalue weighted by molar-refractivity contribution is 6.10. The van der Waals surface area contributed by atoms with Crippen LogP contribution in [0.1, 0.15) is 21.7 Å². The molecule has 0 N–H and O–H groups in total. The molecule has 0 fully saturated rings. The first-order chi connectivity index (χ1) is 9.70.